The summed E-state index contributed by atoms with van der Waals surface area (Å²) in [5.41, 5.74) is 3.54. The fourth-order valence-corrected chi connectivity index (χ4v) is 4.25. The first-order valence-electron chi connectivity index (χ1n) is 10.7. The van der Waals surface area contributed by atoms with Crippen molar-refractivity contribution in [1.29, 1.82) is 0 Å². The van der Waals surface area contributed by atoms with Gasteiger partial charge in [0, 0.05) is 23.6 Å². The quantitative estimate of drug-likeness (QED) is 0.618. The summed E-state index contributed by atoms with van der Waals surface area (Å²) in [6.45, 7) is 13.1. The van der Waals surface area contributed by atoms with E-state index in [2.05, 4.69) is 79.7 Å². The zero-order valence-electron chi connectivity index (χ0n) is 18.7. The van der Waals surface area contributed by atoms with E-state index in [0.29, 0.717) is 13.2 Å². The lowest BCUT2D eigenvalue weighted by molar-refractivity contribution is -0.0805. The zero-order valence-corrected chi connectivity index (χ0v) is 20.3. The molecule has 3 rings (SSSR count). The third-order valence-corrected chi connectivity index (χ3v) is 6.24. The summed E-state index contributed by atoms with van der Waals surface area (Å²) in [5, 5.41) is 10.7. The Kier molecular flexibility index (Phi) is 7.61. The summed E-state index contributed by atoms with van der Waals surface area (Å²) in [6, 6.07) is 14.7. The summed E-state index contributed by atoms with van der Waals surface area (Å²) >= 11 is 3.49. The Morgan fingerprint density at radius 2 is 1.90 bits per heavy atom. The fourth-order valence-electron chi connectivity index (χ4n) is 3.98. The Morgan fingerprint density at radius 1 is 1.20 bits per heavy atom. The maximum Gasteiger partial charge on any atom is 0.123 e. The highest BCUT2D eigenvalue weighted by Crippen LogP contribution is 2.33. The van der Waals surface area contributed by atoms with Crippen molar-refractivity contribution in [3.8, 4) is 5.75 Å². The molecule has 1 saturated heterocycles. The van der Waals surface area contributed by atoms with Crippen molar-refractivity contribution in [3.05, 3.63) is 63.6 Å². The smallest absolute Gasteiger partial charge is 0.123 e. The van der Waals surface area contributed by atoms with Crippen molar-refractivity contribution in [2.75, 3.05) is 26.3 Å². The molecule has 1 N–H and O–H groups in total. The summed E-state index contributed by atoms with van der Waals surface area (Å²) < 4.78 is 13.2. The molecule has 1 aliphatic rings. The van der Waals surface area contributed by atoms with E-state index >= 15 is 0 Å². The Labute approximate surface area is 189 Å². The number of hydrogen-bond donors (Lipinski definition) is 1. The highest BCUT2D eigenvalue weighted by molar-refractivity contribution is 9.10. The van der Waals surface area contributed by atoms with Gasteiger partial charge in [-0.3, -0.25) is 4.90 Å². The van der Waals surface area contributed by atoms with Crippen LogP contribution in [0.3, 0.4) is 0 Å². The van der Waals surface area contributed by atoms with Gasteiger partial charge in [0.15, 0.2) is 0 Å². The maximum atomic E-state index is 10.7. The first-order valence-corrected chi connectivity index (χ1v) is 11.5. The molecule has 4 nitrogen and oxygen atoms in total. The summed E-state index contributed by atoms with van der Waals surface area (Å²) in [4.78, 5) is 2.30. The van der Waals surface area contributed by atoms with E-state index in [1.165, 1.54) is 11.1 Å². The third-order valence-electron chi connectivity index (χ3n) is 5.71. The lowest BCUT2D eigenvalue weighted by Gasteiger charge is -2.40. The fraction of sp³-hybridized carbons (Fsp3) is 0.520. The molecule has 2 aromatic carbocycles. The van der Waals surface area contributed by atoms with Crippen molar-refractivity contribution >= 4 is 15.9 Å². The van der Waals surface area contributed by atoms with Crippen LogP contribution >= 0.6 is 15.9 Å². The minimum atomic E-state index is -0.565. The minimum Gasteiger partial charge on any atom is -0.491 e. The molecule has 0 amide bonds. The van der Waals surface area contributed by atoms with E-state index < -0.39 is 6.10 Å². The van der Waals surface area contributed by atoms with Crippen LogP contribution in [0.15, 0.2) is 46.9 Å². The van der Waals surface area contributed by atoms with Gasteiger partial charge in [-0.2, -0.15) is 0 Å². The van der Waals surface area contributed by atoms with Gasteiger partial charge in [-0.25, -0.2) is 0 Å². The molecule has 0 spiro atoms. The molecule has 3 atom stereocenters. The average molecular weight is 476 g/mol. The monoisotopic (exact) mass is 475 g/mol. The van der Waals surface area contributed by atoms with Gasteiger partial charge in [0.25, 0.3) is 0 Å². The molecule has 5 heteroatoms. The number of aryl methyl sites for hydroxylation is 1. The first-order chi connectivity index (χ1) is 14.1. The number of halogens is 1. The topological polar surface area (TPSA) is 41.9 Å². The largest absolute Gasteiger partial charge is 0.491 e. The van der Waals surface area contributed by atoms with E-state index in [0.717, 1.165) is 22.3 Å². The SMILES string of the molecule is Cc1ccc(OCC(O)CN2CCOC(c3ccc(Br)cc3)C2C)c(C(C)(C)C)c1. The van der Waals surface area contributed by atoms with Gasteiger partial charge in [0.2, 0.25) is 0 Å². The lowest BCUT2D eigenvalue weighted by atomic mass is 9.85. The number of rotatable bonds is 6. The van der Waals surface area contributed by atoms with Crippen molar-refractivity contribution in [3.63, 3.8) is 0 Å². The third kappa shape index (κ3) is 5.85. The molecule has 1 aliphatic heterocycles. The van der Waals surface area contributed by atoms with Crippen LogP contribution < -0.4 is 4.74 Å². The second-order valence-electron chi connectivity index (χ2n) is 9.29. The molecule has 0 bridgehead atoms. The van der Waals surface area contributed by atoms with Crippen LogP contribution in [0.5, 0.6) is 5.75 Å². The first kappa shape index (κ1) is 23.3. The number of hydrogen-bond acceptors (Lipinski definition) is 4. The highest BCUT2D eigenvalue weighted by Gasteiger charge is 2.31. The molecular formula is C25H34BrNO3. The molecule has 1 fully saturated rings. The number of morpholine rings is 1. The van der Waals surface area contributed by atoms with E-state index in [1.807, 2.05) is 18.2 Å². The summed E-state index contributed by atoms with van der Waals surface area (Å²) in [7, 11) is 0. The van der Waals surface area contributed by atoms with E-state index in [4.69, 9.17) is 9.47 Å². The van der Waals surface area contributed by atoms with Crippen LogP contribution in [-0.4, -0.2) is 48.5 Å². The van der Waals surface area contributed by atoms with Gasteiger partial charge in [-0.05, 0) is 48.6 Å². The Hall–Kier alpha value is -1.40. The van der Waals surface area contributed by atoms with E-state index in [-0.39, 0.29) is 24.2 Å². The van der Waals surface area contributed by atoms with Gasteiger partial charge in [0.1, 0.15) is 18.5 Å². The van der Waals surface area contributed by atoms with Gasteiger partial charge in [0.05, 0.1) is 12.7 Å². The molecule has 0 radical (unpaired) electrons. The molecule has 30 heavy (non-hydrogen) atoms. The highest BCUT2D eigenvalue weighted by atomic mass is 79.9. The van der Waals surface area contributed by atoms with Crippen molar-refractivity contribution in [2.45, 2.75) is 58.3 Å². The number of nitrogens with zero attached hydrogens (tertiary/aromatic N) is 1. The van der Waals surface area contributed by atoms with Crippen LogP contribution in [0.2, 0.25) is 0 Å². The Bertz CT molecular complexity index is 831. The number of aliphatic hydroxyl groups excluding tert-OH is 1. The normalized spacial score (nSPS) is 21.4. The Morgan fingerprint density at radius 3 is 2.57 bits per heavy atom. The van der Waals surface area contributed by atoms with Crippen LogP contribution in [0.4, 0.5) is 0 Å². The predicted molar refractivity (Wildman–Crippen MR) is 125 cm³/mol. The van der Waals surface area contributed by atoms with Gasteiger partial charge in [-0.15, -0.1) is 0 Å². The molecule has 1 heterocycles. The zero-order chi connectivity index (χ0) is 21.9. The molecule has 2 aromatic rings. The van der Waals surface area contributed by atoms with Crippen LogP contribution in [0, 0.1) is 6.92 Å². The van der Waals surface area contributed by atoms with Crippen LogP contribution in [0.1, 0.15) is 50.5 Å². The molecule has 0 aromatic heterocycles. The lowest BCUT2D eigenvalue weighted by Crippen LogP contribution is -2.49. The molecular weight excluding hydrogens is 442 g/mol. The minimum absolute atomic E-state index is 0.00422. The summed E-state index contributed by atoms with van der Waals surface area (Å²) in [5.74, 6) is 0.856. The Balaban J connectivity index is 1.61. The number of β-amino-alcohol motifs (C(OH)–C–C–N with tert-alkyl or cyclic N) is 1. The number of aliphatic hydroxyl groups is 1. The average Bonchev–Trinajstić information content (AvgIpc) is 2.69. The standard InChI is InChI=1S/C25H34BrNO3/c1-17-6-11-23(22(14-17)25(3,4)5)30-16-21(28)15-27-12-13-29-24(18(27)2)19-7-9-20(26)10-8-19/h6-11,14,18,21,24,28H,12-13,15-16H2,1-5H3. The molecule has 3 unspecified atom stereocenters. The molecule has 0 saturated carbocycles. The van der Waals surface area contributed by atoms with Crippen LogP contribution in [-0.2, 0) is 10.2 Å². The van der Waals surface area contributed by atoms with Gasteiger partial charge >= 0.3 is 0 Å². The second-order valence-corrected chi connectivity index (χ2v) is 10.2. The van der Waals surface area contributed by atoms with Crippen molar-refractivity contribution in [2.24, 2.45) is 0 Å². The van der Waals surface area contributed by atoms with Gasteiger partial charge in [-0.1, -0.05) is 66.5 Å². The molecule has 0 aliphatic carbocycles. The maximum absolute atomic E-state index is 10.7. The second kappa shape index (κ2) is 9.82. The van der Waals surface area contributed by atoms with E-state index in [1.54, 1.807) is 0 Å². The van der Waals surface area contributed by atoms with Crippen molar-refractivity contribution < 1.29 is 14.6 Å². The van der Waals surface area contributed by atoms with Gasteiger partial charge < -0.3 is 14.6 Å². The number of benzene rings is 2. The van der Waals surface area contributed by atoms with Crippen molar-refractivity contribution in [1.82, 2.24) is 4.90 Å². The van der Waals surface area contributed by atoms with E-state index in [9.17, 15) is 5.11 Å². The van der Waals surface area contributed by atoms with Crippen LogP contribution in [0.25, 0.3) is 0 Å². The predicted octanol–water partition coefficient (Wildman–Crippen LogP) is 5.26. The number of ether oxygens (including phenoxy) is 2. The summed E-state index contributed by atoms with van der Waals surface area (Å²) in [6.07, 6.45) is -0.560. The molecule has 164 valence electrons.